The van der Waals surface area contributed by atoms with Crippen LogP contribution in [0.5, 0.6) is 0 Å². The predicted molar refractivity (Wildman–Crippen MR) is 68.5 cm³/mol. The predicted octanol–water partition coefficient (Wildman–Crippen LogP) is 3.60. The molecule has 1 rings (SSSR count). The molecule has 0 amide bonds. The van der Waals surface area contributed by atoms with Crippen LogP contribution in [0.15, 0.2) is 18.2 Å². The first-order valence-electron chi connectivity index (χ1n) is 5.69. The van der Waals surface area contributed by atoms with Gasteiger partial charge in [-0.1, -0.05) is 18.2 Å². The second-order valence-electron chi connectivity index (χ2n) is 5.50. The minimum Gasteiger partial charge on any atom is -0.197 e. The van der Waals surface area contributed by atoms with E-state index in [-0.39, 0.29) is 0 Å². The molecule has 17 heavy (non-hydrogen) atoms. The average molecular weight is 226 g/mol. The van der Waals surface area contributed by atoms with Crippen LogP contribution in [-0.4, -0.2) is 0 Å². The van der Waals surface area contributed by atoms with Crippen LogP contribution in [0.1, 0.15) is 44.4 Å². The van der Waals surface area contributed by atoms with Crippen molar-refractivity contribution in [3.8, 4) is 12.1 Å². The second-order valence-corrected chi connectivity index (χ2v) is 5.50. The monoisotopic (exact) mass is 226 g/mol. The van der Waals surface area contributed by atoms with Crippen molar-refractivity contribution in [2.45, 2.75) is 45.4 Å². The molecule has 0 radical (unpaired) electrons. The largest absolute Gasteiger partial charge is 0.197 e. The fourth-order valence-electron chi connectivity index (χ4n) is 1.81. The van der Waals surface area contributed by atoms with E-state index in [0.29, 0.717) is 0 Å². The van der Waals surface area contributed by atoms with Gasteiger partial charge in [-0.25, -0.2) is 0 Å². The van der Waals surface area contributed by atoms with Crippen molar-refractivity contribution in [2.24, 2.45) is 0 Å². The molecule has 0 unspecified atom stereocenters. The highest BCUT2D eigenvalue weighted by Crippen LogP contribution is 2.30. The first-order valence-corrected chi connectivity index (χ1v) is 5.69. The number of nitriles is 2. The van der Waals surface area contributed by atoms with Gasteiger partial charge >= 0.3 is 0 Å². The fourth-order valence-corrected chi connectivity index (χ4v) is 1.81. The highest BCUT2D eigenvalue weighted by atomic mass is 14.4. The van der Waals surface area contributed by atoms with E-state index >= 15 is 0 Å². The smallest absolute Gasteiger partial charge is 0.0768 e. The van der Waals surface area contributed by atoms with Gasteiger partial charge in [0, 0.05) is 0 Å². The van der Waals surface area contributed by atoms with Crippen LogP contribution in [0.2, 0.25) is 0 Å². The van der Waals surface area contributed by atoms with Crippen LogP contribution in [0.3, 0.4) is 0 Å². The zero-order valence-electron chi connectivity index (χ0n) is 11.1. The Labute approximate surface area is 104 Å². The van der Waals surface area contributed by atoms with Gasteiger partial charge < -0.3 is 0 Å². The molecule has 1 aromatic carbocycles. The van der Waals surface area contributed by atoms with Gasteiger partial charge in [-0.3, -0.25) is 0 Å². The zero-order chi connectivity index (χ0) is 13.3. The van der Waals surface area contributed by atoms with Crippen molar-refractivity contribution in [3.05, 3.63) is 34.9 Å². The molecule has 2 heteroatoms. The summed E-state index contributed by atoms with van der Waals surface area (Å²) in [6.45, 7) is 9.58. The maximum atomic E-state index is 9.21. The quantitative estimate of drug-likeness (QED) is 0.773. The minimum atomic E-state index is -0.522. The number of aryl methyl sites for hydroxylation is 1. The first kappa shape index (κ1) is 13.3. The molecule has 0 N–H and O–H groups in total. The summed E-state index contributed by atoms with van der Waals surface area (Å²) in [5.41, 5.74) is 2.01. The van der Waals surface area contributed by atoms with Crippen molar-refractivity contribution < 1.29 is 0 Å². The molecule has 0 saturated heterocycles. The van der Waals surface area contributed by atoms with E-state index in [1.807, 2.05) is 52.8 Å². The molecule has 0 heterocycles. The molecule has 0 saturated carbocycles. The third-order valence-corrected chi connectivity index (χ3v) is 3.19. The highest BCUT2D eigenvalue weighted by molar-refractivity contribution is 5.43. The molecule has 0 aliphatic carbocycles. The maximum absolute atomic E-state index is 9.21. The zero-order valence-corrected chi connectivity index (χ0v) is 11.1. The number of hydrogen-bond donors (Lipinski definition) is 0. The van der Waals surface area contributed by atoms with E-state index in [1.54, 1.807) is 0 Å². The molecule has 0 atom stereocenters. The Morgan fingerprint density at radius 1 is 0.941 bits per heavy atom. The van der Waals surface area contributed by atoms with E-state index in [1.165, 1.54) is 0 Å². The van der Waals surface area contributed by atoms with Crippen molar-refractivity contribution in [3.63, 3.8) is 0 Å². The fraction of sp³-hybridized carbons (Fsp3) is 0.467. The lowest BCUT2D eigenvalue weighted by molar-refractivity contribution is 0.657. The Hall–Kier alpha value is -1.80. The lowest BCUT2D eigenvalue weighted by Gasteiger charge is -2.23. The van der Waals surface area contributed by atoms with Crippen LogP contribution >= 0.6 is 0 Å². The van der Waals surface area contributed by atoms with Crippen LogP contribution in [0, 0.1) is 29.6 Å². The van der Waals surface area contributed by atoms with E-state index < -0.39 is 10.8 Å². The molecular weight excluding hydrogens is 208 g/mol. The third kappa shape index (κ3) is 2.48. The van der Waals surface area contributed by atoms with Crippen LogP contribution in [-0.2, 0) is 10.8 Å². The van der Waals surface area contributed by atoms with Crippen molar-refractivity contribution in [1.29, 1.82) is 10.5 Å². The van der Waals surface area contributed by atoms with Crippen molar-refractivity contribution in [1.82, 2.24) is 0 Å². The normalized spacial score (nSPS) is 11.7. The summed E-state index contributed by atoms with van der Waals surface area (Å²) < 4.78 is 0. The van der Waals surface area contributed by atoms with Gasteiger partial charge in [0.2, 0.25) is 0 Å². The van der Waals surface area contributed by atoms with Gasteiger partial charge in [0.25, 0.3) is 0 Å². The van der Waals surface area contributed by atoms with Crippen LogP contribution < -0.4 is 0 Å². The summed E-state index contributed by atoms with van der Waals surface area (Å²) in [6.07, 6.45) is 0. The summed E-state index contributed by atoms with van der Waals surface area (Å²) in [4.78, 5) is 0. The lowest BCUT2D eigenvalue weighted by Crippen LogP contribution is -2.19. The Balaban J connectivity index is 3.43. The van der Waals surface area contributed by atoms with E-state index in [2.05, 4.69) is 12.1 Å². The Bertz CT molecular complexity index is 511. The number of hydrogen-bond acceptors (Lipinski definition) is 2. The molecule has 0 aliphatic rings. The molecule has 0 fully saturated rings. The molecule has 0 spiro atoms. The minimum absolute atomic E-state index is 0.520. The molecular formula is C15H18N2. The van der Waals surface area contributed by atoms with E-state index in [9.17, 15) is 5.26 Å². The Kier molecular flexibility index (Phi) is 3.30. The number of benzene rings is 1. The van der Waals surface area contributed by atoms with Crippen LogP contribution in [0.4, 0.5) is 0 Å². The maximum Gasteiger partial charge on any atom is 0.0768 e. The van der Waals surface area contributed by atoms with E-state index in [0.717, 1.165) is 16.7 Å². The summed E-state index contributed by atoms with van der Waals surface area (Å²) in [6, 6.07) is 10.5. The van der Waals surface area contributed by atoms with E-state index in [4.69, 9.17) is 5.26 Å². The summed E-state index contributed by atoms with van der Waals surface area (Å²) in [5.74, 6) is 0. The van der Waals surface area contributed by atoms with Gasteiger partial charge in [-0.2, -0.15) is 10.5 Å². The Morgan fingerprint density at radius 3 is 1.94 bits per heavy atom. The Morgan fingerprint density at radius 2 is 1.47 bits per heavy atom. The van der Waals surface area contributed by atoms with Gasteiger partial charge in [0.1, 0.15) is 0 Å². The molecule has 0 aromatic heterocycles. The molecule has 88 valence electrons. The van der Waals surface area contributed by atoms with Gasteiger partial charge in [0.05, 0.1) is 23.0 Å². The topological polar surface area (TPSA) is 47.6 Å². The van der Waals surface area contributed by atoms with Crippen molar-refractivity contribution in [2.75, 3.05) is 0 Å². The first-order chi connectivity index (χ1) is 7.74. The third-order valence-electron chi connectivity index (χ3n) is 3.19. The number of nitrogens with zero attached hydrogens (tertiary/aromatic N) is 2. The highest BCUT2D eigenvalue weighted by Gasteiger charge is 2.26. The van der Waals surface area contributed by atoms with Crippen molar-refractivity contribution >= 4 is 0 Å². The summed E-state index contributed by atoms with van der Waals surface area (Å²) in [5, 5.41) is 18.4. The van der Waals surface area contributed by atoms with Gasteiger partial charge in [0.15, 0.2) is 0 Å². The molecule has 0 aliphatic heterocycles. The van der Waals surface area contributed by atoms with Crippen LogP contribution in [0.25, 0.3) is 0 Å². The standard InChI is InChI=1S/C15H18N2/c1-11-6-7-12(14(2,3)9-16)8-13(11)15(4,5)10-17/h6-8H,1-5H3. The SMILES string of the molecule is Cc1ccc(C(C)(C)C#N)cc1C(C)(C)C#N. The molecule has 1 aromatic rings. The van der Waals surface area contributed by atoms with Gasteiger partial charge in [-0.15, -0.1) is 0 Å². The molecule has 2 nitrogen and oxygen atoms in total. The summed E-state index contributed by atoms with van der Waals surface area (Å²) >= 11 is 0. The number of rotatable bonds is 2. The summed E-state index contributed by atoms with van der Waals surface area (Å²) in [7, 11) is 0. The lowest BCUT2D eigenvalue weighted by atomic mass is 9.78. The van der Waals surface area contributed by atoms with Gasteiger partial charge in [-0.05, 0) is 51.3 Å². The molecule has 0 bridgehead atoms. The second kappa shape index (κ2) is 4.22. The average Bonchev–Trinajstić information content (AvgIpc) is 2.29.